The predicted octanol–water partition coefficient (Wildman–Crippen LogP) is 1.75. The van der Waals surface area contributed by atoms with Crippen molar-refractivity contribution in [1.29, 1.82) is 0 Å². The molecular formula is C17H22N2O3. The molecule has 1 aliphatic carbocycles. The summed E-state index contributed by atoms with van der Waals surface area (Å²) in [6, 6.07) is 5.81. The van der Waals surface area contributed by atoms with E-state index in [0.29, 0.717) is 18.8 Å². The largest absolute Gasteiger partial charge is 0.375 e. The van der Waals surface area contributed by atoms with Crippen molar-refractivity contribution in [2.45, 2.75) is 45.3 Å². The quantitative estimate of drug-likeness (QED) is 0.804. The van der Waals surface area contributed by atoms with Crippen molar-refractivity contribution in [3.8, 4) is 0 Å². The second-order valence-corrected chi connectivity index (χ2v) is 6.11. The Labute approximate surface area is 130 Å². The van der Waals surface area contributed by atoms with Gasteiger partial charge in [-0.15, -0.1) is 0 Å². The van der Waals surface area contributed by atoms with Gasteiger partial charge >= 0.3 is 11.8 Å². The highest BCUT2D eigenvalue weighted by atomic mass is 16.5. The van der Waals surface area contributed by atoms with Gasteiger partial charge in [0.15, 0.2) is 0 Å². The average Bonchev–Trinajstić information content (AvgIpc) is 2.97. The Morgan fingerprint density at radius 2 is 2.00 bits per heavy atom. The van der Waals surface area contributed by atoms with Crippen LogP contribution in [0.25, 0.3) is 0 Å². The van der Waals surface area contributed by atoms with Crippen LogP contribution in [0.3, 0.4) is 0 Å². The van der Waals surface area contributed by atoms with Crippen LogP contribution in [0, 0.1) is 0 Å². The summed E-state index contributed by atoms with van der Waals surface area (Å²) in [7, 11) is 0. The summed E-state index contributed by atoms with van der Waals surface area (Å²) in [5.74, 6) is -1.05. The molecule has 22 heavy (non-hydrogen) atoms. The Balaban J connectivity index is 1.67. The predicted molar refractivity (Wildman–Crippen MR) is 83.7 cm³/mol. The molecule has 1 aliphatic heterocycles. The number of hydrogen-bond donors (Lipinski definition) is 1. The van der Waals surface area contributed by atoms with Crippen molar-refractivity contribution >= 4 is 17.5 Å². The zero-order valence-corrected chi connectivity index (χ0v) is 13.1. The maximum Gasteiger partial charge on any atom is 0.313 e. The molecule has 0 radical (unpaired) electrons. The summed E-state index contributed by atoms with van der Waals surface area (Å²) >= 11 is 0. The van der Waals surface area contributed by atoms with E-state index in [-0.39, 0.29) is 12.1 Å². The number of nitrogens with zero attached hydrogens (tertiary/aromatic N) is 1. The van der Waals surface area contributed by atoms with Crippen molar-refractivity contribution in [2.75, 3.05) is 18.5 Å². The van der Waals surface area contributed by atoms with E-state index < -0.39 is 11.8 Å². The molecule has 2 atom stereocenters. The first-order chi connectivity index (χ1) is 10.6. The van der Waals surface area contributed by atoms with Gasteiger partial charge in [0.1, 0.15) is 0 Å². The lowest BCUT2D eigenvalue weighted by molar-refractivity contribution is -0.152. The SMILES string of the molecule is C[C@H]1OCCN(C(=O)C(=O)Nc2ccc3c(c2)CCC3)[C@H]1C. The minimum Gasteiger partial charge on any atom is -0.375 e. The third-order valence-corrected chi connectivity index (χ3v) is 4.70. The van der Waals surface area contributed by atoms with E-state index in [4.69, 9.17) is 4.74 Å². The van der Waals surface area contributed by atoms with Gasteiger partial charge in [0.25, 0.3) is 0 Å². The summed E-state index contributed by atoms with van der Waals surface area (Å²) in [5, 5.41) is 2.73. The van der Waals surface area contributed by atoms with Crippen LogP contribution in [0.1, 0.15) is 31.4 Å². The Hall–Kier alpha value is -1.88. The Morgan fingerprint density at radius 3 is 2.82 bits per heavy atom. The maximum atomic E-state index is 12.4. The number of amides is 2. The van der Waals surface area contributed by atoms with Crippen LogP contribution in [0.15, 0.2) is 18.2 Å². The van der Waals surface area contributed by atoms with Gasteiger partial charge in [-0.1, -0.05) is 6.07 Å². The van der Waals surface area contributed by atoms with Gasteiger partial charge < -0.3 is 15.0 Å². The van der Waals surface area contributed by atoms with Crippen LogP contribution in [0.4, 0.5) is 5.69 Å². The second-order valence-electron chi connectivity index (χ2n) is 6.11. The van der Waals surface area contributed by atoms with Crippen LogP contribution in [-0.4, -0.2) is 42.0 Å². The number of carbonyl (C=O) groups excluding carboxylic acids is 2. The molecule has 3 rings (SSSR count). The van der Waals surface area contributed by atoms with Crippen molar-refractivity contribution < 1.29 is 14.3 Å². The van der Waals surface area contributed by atoms with Crippen molar-refractivity contribution in [3.63, 3.8) is 0 Å². The van der Waals surface area contributed by atoms with E-state index in [1.807, 2.05) is 32.0 Å². The van der Waals surface area contributed by atoms with E-state index in [0.717, 1.165) is 19.3 Å². The first-order valence-corrected chi connectivity index (χ1v) is 7.91. The molecule has 5 heteroatoms. The van der Waals surface area contributed by atoms with Gasteiger partial charge in [0, 0.05) is 12.2 Å². The topological polar surface area (TPSA) is 58.6 Å². The van der Waals surface area contributed by atoms with Crippen molar-refractivity contribution in [3.05, 3.63) is 29.3 Å². The van der Waals surface area contributed by atoms with Crippen molar-refractivity contribution in [2.24, 2.45) is 0 Å². The summed E-state index contributed by atoms with van der Waals surface area (Å²) < 4.78 is 5.49. The lowest BCUT2D eigenvalue weighted by Crippen LogP contribution is -2.54. The van der Waals surface area contributed by atoms with E-state index in [1.54, 1.807) is 4.90 Å². The second kappa shape index (κ2) is 6.08. The van der Waals surface area contributed by atoms with E-state index in [1.165, 1.54) is 11.1 Å². The monoisotopic (exact) mass is 302 g/mol. The van der Waals surface area contributed by atoms with Gasteiger partial charge in [-0.05, 0) is 56.4 Å². The number of ether oxygens (including phenoxy) is 1. The van der Waals surface area contributed by atoms with Crippen LogP contribution in [-0.2, 0) is 27.2 Å². The van der Waals surface area contributed by atoms with E-state index >= 15 is 0 Å². The summed E-state index contributed by atoms with van der Waals surface area (Å²) in [6.45, 7) is 4.76. The average molecular weight is 302 g/mol. The van der Waals surface area contributed by atoms with Crippen LogP contribution in [0.2, 0.25) is 0 Å². The highest BCUT2D eigenvalue weighted by Gasteiger charge is 2.32. The maximum absolute atomic E-state index is 12.4. The van der Waals surface area contributed by atoms with Crippen LogP contribution >= 0.6 is 0 Å². The number of hydrogen-bond acceptors (Lipinski definition) is 3. The van der Waals surface area contributed by atoms with E-state index in [9.17, 15) is 9.59 Å². The minimum absolute atomic E-state index is 0.0505. The number of aryl methyl sites for hydroxylation is 2. The number of morpholine rings is 1. The lowest BCUT2D eigenvalue weighted by Gasteiger charge is -2.37. The number of nitrogens with one attached hydrogen (secondary N) is 1. The van der Waals surface area contributed by atoms with Gasteiger partial charge in [0.2, 0.25) is 0 Å². The number of fused-ring (bicyclic) bond motifs is 1. The molecule has 0 spiro atoms. The molecule has 1 aromatic carbocycles. The number of rotatable bonds is 1. The van der Waals surface area contributed by atoms with Gasteiger partial charge in [0.05, 0.1) is 18.8 Å². The molecule has 2 amide bonds. The normalized spacial score (nSPS) is 24.0. The van der Waals surface area contributed by atoms with E-state index in [2.05, 4.69) is 5.32 Å². The molecule has 0 aromatic heterocycles. The molecule has 0 bridgehead atoms. The zero-order valence-electron chi connectivity index (χ0n) is 13.1. The van der Waals surface area contributed by atoms with Gasteiger partial charge in [-0.2, -0.15) is 0 Å². The van der Waals surface area contributed by atoms with Crippen LogP contribution in [0.5, 0.6) is 0 Å². The molecule has 1 saturated heterocycles. The molecule has 0 unspecified atom stereocenters. The first kappa shape index (κ1) is 15.0. The first-order valence-electron chi connectivity index (χ1n) is 7.91. The highest BCUT2D eigenvalue weighted by molar-refractivity contribution is 6.39. The molecule has 1 N–H and O–H groups in total. The molecule has 2 aliphatic rings. The fourth-order valence-corrected chi connectivity index (χ4v) is 3.18. The number of carbonyl (C=O) groups is 2. The standard InChI is InChI=1S/C17H22N2O3/c1-11-12(2)22-9-8-19(11)17(21)16(20)18-15-7-6-13-4-3-5-14(13)10-15/h6-7,10-12H,3-5,8-9H2,1-2H3,(H,18,20)/t11-,12+/m0/s1. The number of anilines is 1. The molecule has 1 heterocycles. The minimum atomic E-state index is -0.570. The number of benzene rings is 1. The summed E-state index contributed by atoms with van der Waals surface area (Å²) in [4.78, 5) is 26.2. The molecule has 1 fully saturated rings. The summed E-state index contributed by atoms with van der Waals surface area (Å²) in [6.07, 6.45) is 3.26. The summed E-state index contributed by atoms with van der Waals surface area (Å²) in [5.41, 5.74) is 3.33. The van der Waals surface area contributed by atoms with Crippen molar-refractivity contribution in [1.82, 2.24) is 4.90 Å². The lowest BCUT2D eigenvalue weighted by atomic mass is 10.1. The molecule has 1 aromatic rings. The molecule has 118 valence electrons. The molecule has 5 nitrogen and oxygen atoms in total. The molecular weight excluding hydrogens is 280 g/mol. The third-order valence-electron chi connectivity index (χ3n) is 4.70. The fraction of sp³-hybridized carbons (Fsp3) is 0.529. The van der Waals surface area contributed by atoms with Gasteiger partial charge in [-0.3, -0.25) is 9.59 Å². The highest BCUT2D eigenvalue weighted by Crippen LogP contribution is 2.25. The smallest absolute Gasteiger partial charge is 0.313 e. The molecule has 0 saturated carbocycles. The Morgan fingerprint density at radius 1 is 1.23 bits per heavy atom. The Bertz CT molecular complexity index is 600. The Kier molecular flexibility index (Phi) is 4.16. The fourth-order valence-electron chi connectivity index (χ4n) is 3.18. The third kappa shape index (κ3) is 2.86. The van der Waals surface area contributed by atoms with Gasteiger partial charge in [-0.25, -0.2) is 0 Å². The zero-order chi connectivity index (χ0) is 15.7. The van der Waals surface area contributed by atoms with Crippen LogP contribution < -0.4 is 5.32 Å².